The van der Waals surface area contributed by atoms with E-state index in [-0.39, 0.29) is 12.5 Å². The third-order valence-electron chi connectivity index (χ3n) is 2.55. The largest absolute Gasteiger partial charge is 0.490 e. The summed E-state index contributed by atoms with van der Waals surface area (Å²) in [7, 11) is 0. The van der Waals surface area contributed by atoms with Gasteiger partial charge in [-0.25, -0.2) is 0 Å². The molecule has 2 heteroatoms. The van der Waals surface area contributed by atoms with Gasteiger partial charge in [-0.05, 0) is 30.5 Å². The van der Waals surface area contributed by atoms with E-state index < -0.39 is 0 Å². The molecule has 0 amide bonds. The third kappa shape index (κ3) is 2.26. The van der Waals surface area contributed by atoms with Gasteiger partial charge in [0.05, 0.1) is 6.10 Å². The first-order chi connectivity index (χ1) is 6.79. The quantitative estimate of drug-likeness (QED) is 0.793. The Balaban J connectivity index is 2.01. The molecule has 0 radical (unpaired) electrons. The van der Waals surface area contributed by atoms with E-state index in [9.17, 15) is 0 Å². The van der Waals surface area contributed by atoms with E-state index in [0.717, 1.165) is 11.3 Å². The van der Waals surface area contributed by atoms with E-state index in [2.05, 4.69) is 0 Å². The van der Waals surface area contributed by atoms with Crippen LogP contribution < -0.4 is 4.74 Å². The predicted molar refractivity (Wildman–Crippen MR) is 55.6 cm³/mol. The number of rotatable bonds is 4. The van der Waals surface area contributed by atoms with Gasteiger partial charge in [-0.1, -0.05) is 19.1 Å². The third-order valence-corrected chi connectivity index (χ3v) is 2.55. The molecule has 1 saturated carbocycles. The number of hydrogen-bond donors (Lipinski definition) is 1. The predicted octanol–water partition coefficient (Wildman–Crippen LogP) is 2.32. The molecule has 76 valence electrons. The second-order valence-electron chi connectivity index (χ2n) is 3.97. The average molecular weight is 192 g/mol. The summed E-state index contributed by atoms with van der Waals surface area (Å²) in [6, 6.07) is 8.02. The molecular weight excluding hydrogens is 176 g/mol. The molecule has 1 fully saturated rings. The highest BCUT2D eigenvalue weighted by Crippen LogP contribution is 2.27. The molecule has 1 aromatic rings. The van der Waals surface area contributed by atoms with Crippen molar-refractivity contribution in [3.8, 4) is 5.75 Å². The maximum Gasteiger partial charge on any atom is 0.119 e. The van der Waals surface area contributed by atoms with Crippen molar-refractivity contribution in [2.24, 2.45) is 0 Å². The highest BCUT2D eigenvalue weighted by Gasteiger charge is 2.23. The minimum Gasteiger partial charge on any atom is -0.490 e. The Morgan fingerprint density at radius 2 is 2.00 bits per heavy atom. The zero-order valence-electron chi connectivity index (χ0n) is 8.44. The molecule has 2 rings (SSSR count). The minimum absolute atomic E-state index is 0.197. The van der Waals surface area contributed by atoms with Crippen LogP contribution in [0.15, 0.2) is 24.3 Å². The first kappa shape index (κ1) is 9.53. The molecule has 0 spiro atoms. The Hall–Kier alpha value is -1.02. The Labute approximate surface area is 84.5 Å². The minimum atomic E-state index is 0.197. The lowest BCUT2D eigenvalue weighted by Gasteiger charge is -2.09. The number of ether oxygens (including phenoxy) is 1. The summed E-state index contributed by atoms with van der Waals surface area (Å²) in [5, 5.41) is 8.98. The molecular formula is C12H16O2. The topological polar surface area (TPSA) is 29.5 Å². The molecule has 0 saturated heterocycles. The fourth-order valence-electron chi connectivity index (χ4n) is 1.36. The Morgan fingerprint density at radius 1 is 1.36 bits per heavy atom. The summed E-state index contributed by atoms with van der Waals surface area (Å²) in [5.74, 6) is 1.16. The number of aliphatic hydroxyl groups is 1. The van der Waals surface area contributed by atoms with Gasteiger partial charge in [0.15, 0.2) is 0 Å². The van der Waals surface area contributed by atoms with Crippen molar-refractivity contribution in [2.45, 2.75) is 31.8 Å². The standard InChI is InChI=1S/C12H16O2/c1-9(8-13)10-2-4-11(5-3-10)14-12-6-7-12/h2-5,9,12-13H,6-8H2,1H3. The van der Waals surface area contributed by atoms with E-state index in [4.69, 9.17) is 9.84 Å². The van der Waals surface area contributed by atoms with Gasteiger partial charge in [0.1, 0.15) is 5.75 Å². The molecule has 1 N–H and O–H groups in total. The van der Waals surface area contributed by atoms with Gasteiger partial charge in [0.2, 0.25) is 0 Å². The number of aliphatic hydroxyl groups excluding tert-OH is 1. The summed E-state index contributed by atoms with van der Waals surface area (Å²) in [5.41, 5.74) is 1.16. The first-order valence-electron chi connectivity index (χ1n) is 5.17. The maximum atomic E-state index is 8.98. The van der Waals surface area contributed by atoms with Crippen LogP contribution in [0, 0.1) is 0 Å². The van der Waals surface area contributed by atoms with Crippen LogP contribution in [0.5, 0.6) is 5.75 Å². The molecule has 1 unspecified atom stereocenters. The summed E-state index contributed by atoms with van der Waals surface area (Å²) < 4.78 is 5.63. The van der Waals surface area contributed by atoms with Crippen molar-refractivity contribution in [1.82, 2.24) is 0 Å². The molecule has 1 aliphatic carbocycles. The second kappa shape index (κ2) is 4.01. The summed E-state index contributed by atoms with van der Waals surface area (Å²) in [6.07, 6.45) is 2.83. The van der Waals surface area contributed by atoms with Gasteiger partial charge in [-0.3, -0.25) is 0 Å². The zero-order chi connectivity index (χ0) is 9.97. The van der Waals surface area contributed by atoms with Gasteiger partial charge < -0.3 is 9.84 Å². The lowest BCUT2D eigenvalue weighted by atomic mass is 10.0. The normalized spacial score (nSPS) is 17.9. The van der Waals surface area contributed by atoms with Crippen LogP contribution >= 0.6 is 0 Å². The van der Waals surface area contributed by atoms with Crippen molar-refractivity contribution in [3.63, 3.8) is 0 Å². The fourth-order valence-corrected chi connectivity index (χ4v) is 1.36. The highest BCUT2D eigenvalue weighted by atomic mass is 16.5. The van der Waals surface area contributed by atoms with Crippen LogP contribution in [0.4, 0.5) is 0 Å². The van der Waals surface area contributed by atoms with Crippen LogP contribution in [0.25, 0.3) is 0 Å². The zero-order valence-corrected chi connectivity index (χ0v) is 8.44. The Bertz CT molecular complexity index is 288. The molecule has 14 heavy (non-hydrogen) atoms. The lowest BCUT2D eigenvalue weighted by molar-refractivity contribution is 0.272. The van der Waals surface area contributed by atoms with Crippen LogP contribution in [-0.2, 0) is 0 Å². The first-order valence-corrected chi connectivity index (χ1v) is 5.17. The summed E-state index contributed by atoms with van der Waals surface area (Å²) in [4.78, 5) is 0. The van der Waals surface area contributed by atoms with Gasteiger partial charge in [0, 0.05) is 12.5 Å². The number of hydrogen-bond acceptors (Lipinski definition) is 2. The second-order valence-corrected chi connectivity index (χ2v) is 3.97. The van der Waals surface area contributed by atoms with E-state index in [1.807, 2.05) is 31.2 Å². The van der Waals surface area contributed by atoms with Crippen LogP contribution in [-0.4, -0.2) is 17.8 Å². The van der Waals surface area contributed by atoms with Crippen LogP contribution in [0.2, 0.25) is 0 Å². The van der Waals surface area contributed by atoms with Gasteiger partial charge in [-0.2, -0.15) is 0 Å². The van der Waals surface area contributed by atoms with Crippen molar-refractivity contribution in [3.05, 3.63) is 29.8 Å². The van der Waals surface area contributed by atoms with Gasteiger partial charge >= 0.3 is 0 Å². The fraction of sp³-hybridized carbons (Fsp3) is 0.500. The number of benzene rings is 1. The monoisotopic (exact) mass is 192 g/mol. The summed E-state index contributed by atoms with van der Waals surface area (Å²) in [6.45, 7) is 2.21. The highest BCUT2D eigenvalue weighted by molar-refractivity contribution is 5.29. The average Bonchev–Trinajstić information content (AvgIpc) is 3.02. The molecule has 1 atom stereocenters. The van der Waals surface area contributed by atoms with Crippen molar-refractivity contribution >= 4 is 0 Å². The van der Waals surface area contributed by atoms with Crippen LogP contribution in [0.3, 0.4) is 0 Å². The molecule has 2 nitrogen and oxygen atoms in total. The van der Waals surface area contributed by atoms with Crippen molar-refractivity contribution in [1.29, 1.82) is 0 Å². The molecule has 0 bridgehead atoms. The molecule has 0 heterocycles. The lowest BCUT2D eigenvalue weighted by Crippen LogP contribution is -1.99. The van der Waals surface area contributed by atoms with E-state index in [1.54, 1.807) is 0 Å². The smallest absolute Gasteiger partial charge is 0.119 e. The van der Waals surface area contributed by atoms with Gasteiger partial charge in [-0.15, -0.1) is 0 Å². The Kier molecular flexibility index (Phi) is 2.73. The summed E-state index contributed by atoms with van der Waals surface area (Å²) >= 11 is 0. The molecule has 1 aliphatic rings. The van der Waals surface area contributed by atoms with Crippen molar-refractivity contribution in [2.75, 3.05) is 6.61 Å². The van der Waals surface area contributed by atoms with Crippen LogP contribution in [0.1, 0.15) is 31.2 Å². The van der Waals surface area contributed by atoms with E-state index in [0.29, 0.717) is 6.10 Å². The maximum absolute atomic E-state index is 8.98. The van der Waals surface area contributed by atoms with E-state index >= 15 is 0 Å². The van der Waals surface area contributed by atoms with Crippen molar-refractivity contribution < 1.29 is 9.84 Å². The van der Waals surface area contributed by atoms with Gasteiger partial charge in [0.25, 0.3) is 0 Å². The molecule has 1 aromatic carbocycles. The molecule has 0 aliphatic heterocycles. The Morgan fingerprint density at radius 3 is 2.50 bits per heavy atom. The molecule has 0 aromatic heterocycles. The SMILES string of the molecule is CC(CO)c1ccc(OC2CC2)cc1. The van der Waals surface area contributed by atoms with E-state index in [1.165, 1.54) is 12.8 Å².